The molecule has 0 radical (unpaired) electrons. The van der Waals surface area contributed by atoms with E-state index in [1.807, 2.05) is 31.1 Å². The number of fused-ring (bicyclic) bond motifs is 1. The predicted octanol–water partition coefficient (Wildman–Crippen LogP) is 1.71. The topological polar surface area (TPSA) is 61.9 Å². The minimum Gasteiger partial charge on any atom is -0.479 e. The summed E-state index contributed by atoms with van der Waals surface area (Å²) in [6.07, 6.45) is 1.42. The summed E-state index contributed by atoms with van der Waals surface area (Å²) in [6.45, 7) is 3.14. The Balaban J connectivity index is 1.81. The molecular formula is C17H23N3O3. The van der Waals surface area contributed by atoms with Crippen LogP contribution in [0.2, 0.25) is 0 Å². The molecule has 0 spiro atoms. The third-order valence-electron chi connectivity index (χ3n) is 4.15. The molecule has 1 aromatic rings. The second-order valence-electron chi connectivity index (χ2n) is 6.50. The smallest absolute Gasteiger partial charge is 0.267 e. The van der Waals surface area contributed by atoms with E-state index in [0.29, 0.717) is 12.3 Å². The number of nitrogens with zero attached hydrogens (tertiary/aromatic N) is 2. The Morgan fingerprint density at radius 2 is 2.13 bits per heavy atom. The van der Waals surface area contributed by atoms with Crippen LogP contribution in [0.3, 0.4) is 0 Å². The second kappa shape index (κ2) is 6.20. The highest BCUT2D eigenvalue weighted by atomic mass is 16.5. The van der Waals surface area contributed by atoms with Crippen LogP contribution in [0.25, 0.3) is 0 Å². The molecule has 1 aromatic carbocycles. The number of benzene rings is 1. The first-order valence-corrected chi connectivity index (χ1v) is 8.03. The molecule has 1 unspecified atom stereocenters. The van der Waals surface area contributed by atoms with Crippen molar-refractivity contribution in [2.24, 2.45) is 5.92 Å². The van der Waals surface area contributed by atoms with Crippen molar-refractivity contribution in [1.82, 2.24) is 4.90 Å². The quantitative estimate of drug-likeness (QED) is 0.898. The minimum absolute atomic E-state index is 0.0332. The van der Waals surface area contributed by atoms with Crippen LogP contribution in [-0.4, -0.2) is 50.0 Å². The van der Waals surface area contributed by atoms with Crippen LogP contribution in [0.5, 0.6) is 5.75 Å². The van der Waals surface area contributed by atoms with Gasteiger partial charge in [-0.25, -0.2) is 0 Å². The standard InChI is InChI=1S/C17H23N3O3/c1-11-17(22)20(9-8-19(2)3)14-7-6-13(10-15(14)23-11)18-16(21)12-4-5-12/h6-7,10-12H,4-5,8-9H2,1-3H3,(H,18,21). The van der Waals surface area contributed by atoms with Gasteiger partial charge in [0.25, 0.3) is 5.91 Å². The molecule has 124 valence electrons. The number of rotatable bonds is 5. The van der Waals surface area contributed by atoms with Gasteiger partial charge in [-0.1, -0.05) is 0 Å². The van der Waals surface area contributed by atoms with Gasteiger partial charge in [-0.15, -0.1) is 0 Å². The summed E-state index contributed by atoms with van der Waals surface area (Å²) in [6, 6.07) is 5.48. The highest BCUT2D eigenvalue weighted by Crippen LogP contribution is 2.37. The Hall–Kier alpha value is -2.08. The van der Waals surface area contributed by atoms with E-state index in [4.69, 9.17) is 4.74 Å². The normalized spacial score (nSPS) is 20.3. The van der Waals surface area contributed by atoms with E-state index in [0.717, 1.165) is 30.8 Å². The fourth-order valence-electron chi connectivity index (χ4n) is 2.61. The summed E-state index contributed by atoms with van der Waals surface area (Å²) in [5, 5.41) is 2.91. The molecular weight excluding hydrogens is 294 g/mol. The number of ether oxygens (including phenoxy) is 1. The molecule has 0 bridgehead atoms. The van der Waals surface area contributed by atoms with Gasteiger partial charge in [0.1, 0.15) is 5.75 Å². The van der Waals surface area contributed by atoms with Crippen molar-refractivity contribution in [3.63, 3.8) is 0 Å². The lowest BCUT2D eigenvalue weighted by molar-refractivity contribution is -0.125. The Kier molecular flexibility index (Phi) is 4.26. The first-order valence-electron chi connectivity index (χ1n) is 8.03. The largest absolute Gasteiger partial charge is 0.479 e. The molecule has 6 heteroatoms. The second-order valence-corrected chi connectivity index (χ2v) is 6.50. The summed E-state index contributed by atoms with van der Waals surface area (Å²) in [5.74, 6) is 0.831. The molecule has 0 aromatic heterocycles. The highest BCUT2D eigenvalue weighted by Gasteiger charge is 2.32. The summed E-state index contributed by atoms with van der Waals surface area (Å²) >= 11 is 0. The van der Waals surface area contributed by atoms with E-state index in [9.17, 15) is 9.59 Å². The maximum atomic E-state index is 12.4. The van der Waals surface area contributed by atoms with Crippen molar-refractivity contribution < 1.29 is 14.3 Å². The van der Waals surface area contributed by atoms with E-state index in [2.05, 4.69) is 5.32 Å². The van der Waals surface area contributed by atoms with Crippen LogP contribution < -0.4 is 15.0 Å². The average Bonchev–Trinajstić information content (AvgIpc) is 3.32. The molecule has 0 saturated heterocycles. The predicted molar refractivity (Wildman–Crippen MR) is 88.8 cm³/mol. The SMILES string of the molecule is CC1Oc2cc(NC(=O)C3CC3)ccc2N(CCN(C)C)C1=O. The molecule has 1 N–H and O–H groups in total. The number of hydrogen-bond donors (Lipinski definition) is 1. The van der Waals surface area contributed by atoms with Crippen LogP contribution in [0.1, 0.15) is 19.8 Å². The number of nitrogens with one attached hydrogen (secondary N) is 1. The van der Waals surface area contributed by atoms with Crippen LogP contribution >= 0.6 is 0 Å². The van der Waals surface area contributed by atoms with Crippen molar-refractivity contribution in [2.45, 2.75) is 25.9 Å². The lowest BCUT2D eigenvalue weighted by atomic mass is 10.1. The first-order chi connectivity index (χ1) is 11.0. The fraction of sp³-hybridized carbons (Fsp3) is 0.529. The van der Waals surface area contributed by atoms with Gasteiger partial charge in [-0.2, -0.15) is 0 Å². The van der Waals surface area contributed by atoms with Gasteiger partial charge in [-0.3, -0.25) is 9.59 Å². The van der Waals surface area contributed by atoms with Gasteiger partial charge in [-0.05, 0) is 46.0 Å². The zero-order valence-electron chi connectivity index (χ0n) is 13.8. The zero-order chi connectivity index (χ0) is 16.6. The van der Waals surface area contributed by atoms with Crippen LogP contribution in [0.15, 0.2) is 18.2 Å². The van der Waals surface area contributed by atoms with Gasteiger partial charge in [0, 0.05) is 30.8 Å². The minimum atomic E-state index is -0.515. The van der Waals surface area contributed by atoms with E-state index >= 15 is 0 Å². The van der Waals surface area contributed by atoms with E-state index in [-0.39, 0.29) is 17.7 Å². The Morgan fingerprint density at radius 1 is 1.39 bits per heavy atom. The molecule has 23 heavy (non-hydrogen) atoms. The van der Waals surface area contributed by atoms with Crippen molar-refractivity contribution >= 4 is 23.2 Å². The average molecular weight is 317 g/mol. The van der Waals surface area contributed by atoms with Gasteiger partial charge in [0.2, 0.25) is 5.91 Å². The lowest BCUT2D eigenvalue weighted by Crippen LogP contribution is -2.46. The number of carbonyl (C=O) groups excluding carboxylic acids is 2. The van der Waals surface area contributed by atoms with E-state index in [1.54, 1.807) is 17.9 Å². The van der Waals surface area contributed by atoms with Crippen molar-refractivity contribution in [3.8, 4) is 5.75 Å². The monoisotopic (exact) mass is 317 g/mol. The molecule has 1 fully saturated rings. The van der Waals surface area contributed by atoms with Crippen molar-refractivity contribution in [3.05, 3.63) is 18.2 Å². The first kappa shape index (κ1) is 15.8. The fourth-order valence-corrected chi connectivity index (χ4v) is 2.61. The van der Waals surface area contributed by atoms with Gasteiger partial charge in [0.05, 0.1) is 5.69 Å². The summed E-state index contributed by atoms with van der Waals surface area (Å²) in [7, 11) is 3.96. The van der Waals surface area contributed by atoms with Crippen molar-refractivity contribution in [2.75, 3.05) is 37.4 Å². The number of amides is 2. The lowest BCUT2D eigenvalue weighted by Gasteiger charge is -2.34. The molecule has 1 aliphatic carbocycles. The molecule has 3 rings (SSSR count). The summed E-state index contributed by atoms with van der Waals surface area (Å²) in [5.41, 5.74) is 1.48. The highest BCUT2D eigenvalue weighted by molar-refractivity contribution is 6.01. The van der Waals surface area contributed by atoms with Gasteiger partial charge >= 0.3 is 0 Å². The summed E-state index contributed by atoms with van der Waals surface area (Å²) in [4.78, 5) is 28.1. The molecule has 2 amide bonds. The third-order valence-corrected chi connectivity index (χ3v) is 4.15. The van der Waals surface area contributed by atoms with Gasteiger partial charge in [0.15, 0.2) is 6.10 Å². The molecule has 1 saturated carbocycles. The molecule has 6 nitrogen and oxygen atoms in total. The number of likely N-dealkylation sites (N-methyl/N-ethyl adjacent to an activating group) is 1. The number of hydrogen-bond acceptors (Lipinski definition) is 4. The maximum absolute atomic E-state index is 12.4. The van der Waals surface area contributed by atoms with Crippen molar-refractivity contribution in [1.29, 1.82) is 0 Å². The van der Waals surface area contributed by atoms with Crippen LogP contribution in [0.4, 0.5) is 11.4 Å². The zero-order valence-corrected chi connectivity index (χ0v) is 13.8. The summed E-state index contributed by atoms with van der Waals surface area (Å²) < 4.78 is 5.72. The van der Waals surface area contributed by atoms with Crippen LogP contribution in [0, 0.1) is 5.92 Å². The Labute approximate surface area is 136 Å². The van der Waals surface area contributed by atoms with Gasteiger partial charge < -0.3 is 19.9 Å². The maximum Gasteiger partial charge on any atom is 0.267 e. The Bertz CT molecular complexity index is 626. The van der Waals surface area contributed by atoms with Crippen LogP contribution in [-0.2, 0) is 9.59 Å². The van der Waals surface area contributed by atoms with E-state index in [1.165, 1.54) is 0 Å². The molecule has 2 aliphatic rings. The van der Waals surface area contributed by atoms with E-state index < -0.39 is 6.10 Å². The third kappa shape index (κ3) is 3.47. The number of carbonyl (C=O) groups is 2. The Morgan fingerprint density at radius 3 is 2.78 bits per heavy atom. The molecule has 1 atom stereocenters. The molecule has 1 aliphatic heterocycles. The number of anilines is 2. The molecule has 1 heterocycles.